The number of rotatable bonds is 5. The monoisotopic (exact) mass is 582 g/mol. The van der Waals surface area contributed by atoms with Crippen LogP contribution in [0.2, 0.25) is 0 Å². The summed E-state index contributed by atoms with van der Waals surface area (Å²) < 4.78 is 0. The molecule has 0 unspecified atom stereocenters. The van der Waals surface area contributed by atoms with Crippen LogP contribution < -0.4 is 9.80 Å². The number of fused-ring (bicyclic) bond motifs is 1. The normalized spacial score (nSPS) is 30.3. The van der Waals surface area contributed by atoms with Crippen LogP contribution in [0.25, 0.3) is 5.57 Å². The van der Waals surface area contributed by atoms with Gasteiger partial charge in [-0.25, -0.2) is 0 Å². The quantitative estimate of drug-likeness (QED) is 0.273. The Balaban J connectivity index is 1.25. The molecule has 0 aromatic heterocycles. The Bertz CT molecular complexity index is 1770. The zero-order valence-electron chi connectivity index (χ0n) is 24.9. The van der Waals surface area contributed by atoms with Crippen LogP contribution in [0.4, 0.5) is 11.4 Å². The number of amides is 4. The molecule has 9 rings (SSSR count). The number of hydrogen-bond acceptors (Lipinski definition) is 4. The van der Waals surface area contributed by atoms with Gasteiger partial charge in [-0.15, -0.1) is 0 Å². The van der Waals surface area contributed by atoms with E-state index in [2.05, 4.69) is 38.1 Å². The fraction of sp³-hybridized carbons (Fsp3) is 0.316. The van der Waals surface area contributed by atoms with E-state index in [0.29, 0.717) is 17.8 Å². The molecule has 3 fully saturated rings. The van der Waals surface area contributed by atoms with Gasteiger partial charge in [0.25, 0.3) is 0 Å². The number of nitrogens with zero attached hydrogens (tertiary/aromatic N) is 2. The van der Waals surface area contributed by atoms with E-state index in [1.54, 1.807) is 0 Å². The van der Waals surface area contributed by atoms with Crippen LogP contribution in [0.3, 0.4) is 0 Å². The van der Waals surface area contributed by atoms with E-state index in [0.717, 1.165) is 40.7 Å². The third kappa shape index (κ3) is 3.66. The van der Waals surface area contributed by atoms with Crippen LogP contribution >= 0.6 is 0 Å². The Labute approximate surface area is 257 Å². The van der Waals surface area contributed by atoms with Gasteiger partial charge in [0.2, 0.25) is 23.6 Å². The molecule has 4 aliphatic carbocycles. The van der Waals surface area contributed by atoms with Crippen LogP contribution in [-0.2, 0) is 32.0 Å². The summed E-state index contributed by atoms with van der Waals surface area (Å²) in [5.74, 6) is -3.89. The summed E-state index contributed by atoms with van der Waals surface area (Å²) >= 11 is 0. The second kappa shape index (κ2) is 9.98. The molecule has 0 radical (unpaired) electrons. The van der Waals surface area contributed by atoms with Gasteiger partial charge in [0, 0.05) is 11.8 Å². The zero-order chi connectivity index (χ0) is 30.3. The molecule has 2 saturated heterocycles. The minimum atomic E-state index is -0.574. The first-order valence-electron chi connectivity index (χ1n) is 15.8. The van der Waals surface area contributed by atoms with Crippen molar-refractivity contribution in [3.8, 4) is 0 Å². The second-order valence-corrected chi connectivity index (χ2v) is 12.8. The Kier molecular flexibility index (Phi) is 6.12. The minimum absolute atomic E-state index is 0.171. The van der Waals surface area contributed by atoms with Gasteiger partial charge in [0.05, 0.1) is 35.0 Å². The summed E-state index contributed by atoms with van der Waals surface area (Å²) in [6.45, 7) is 4.14. The van der Waals surface area contributed by atoms with E-state index in [1.807, 2.05) is 66.7 Å². The maximum absolute atomic E-state index is 14.4. The number of imide groups is 2. The van der Waals surface area contributed by atoms with Gasteiger partial charge in [-0.2, -0.15) is 0 Å². The lowest BCUT2D eigenvalue weighted by Crippen LogP contribution is -2.51. The highest BCUT2D eigenvalue weighted by Crippen LogP contribution is 2.63. The third-order valence-electron chi connectivity index (χ3n) is 10.8. The summed E-state index contributed by atoms with van der Waals surface area (Å²) in [7, 11) is 0. The lowest BCUT2D eigenvalue weighted by Gasteiger charge is -2.51. The van der Waals surface area contributed by atoms with Crippen molar-refractivity contribution in [2.45, 2.75) is 33.1 Å². The van der Waals surface area contributed by atoms with Crippen molar-refractivity contribution < 1.29 is 19.2 Å². The van der Waals surface area contributed by atoms with Crippen molar-refractivity contribution in [3.05, 3.63) is 113 Å². The molecule has 6 heteroatoms. The van der Waals surface area contributed by atoms with E-state index < -0.39 is 23.7 Å². The van der Waals surface area contributed by atoms with Gasteiger partial charge in [0.1, 0.15) is 0 Å². The molecule has 0 N–H and O–H groups in total. The Hall–Kier alpha value is -4.58. The number of hydrogen-bond donors (Lipinski definition) is 0. The molecular formula is C38H34N2O4. The largest absolute Gasteiger partial charge is 0.274 e. The SMILES string of the molecule is CCc1ccc(N2C(=O)[C@@H]3[C@H]4C=C[C@@H](C5=C(c6ccccc6)C[C@H]6C(=O)N(c7ccc(CC)cc7)C(=O)[C@H]6[C@H]54)[C@H]3C2=O)cc1. The van der Waals surface area contributed by atoms with Crippen LogP contribution in [-0.4, -0.2) is 23.6 Å². The van der Waals surface area contributed by atoms with Crippen molar-refractivity contribution in [1.82, 2.24) is 0 Å². The number of anilines is 2. The lowest BCUT2D eigenvalue weighted by atomic mass is 9.49. The standard InChI is InChI=1S/C38H34N2O4/c1-3-21-10-14-24(15-11-21)39-35(41)29-20-28(23-8-6-5-7-9-23)30-26-18-19-27(31(30)34(29)38(39)44)33-32(26)36(42)40(37(33)43)25-16-12-22(4-2)13-17-25/h5-19,26-27,29,31-34H,3-4,20H2,1-2H3/t26-,27-,29+,31-,32+,33+,34+/m0/s1. The van der Waals surface area contributed by atoms with Crippen molar-refractivity contribution >= 4 is 40.6 Å². The van der Waals surface area contributed by atoms with Gasteiger partial charge in [0.15, 0.2) is 0 Å². The molecule has 6 aliphatic rings. The molecule has 3 aromatic rings. The van der Waals surface area contributed by atoms with E-state index in [1.165, 1.54) is 9.80 Å². The van der Waals surface area contributed by atoms with Crippen molar-refractivity contribution in [2.75, 3.05) is 9.80 Å². The first kappa shape index (κ1) is 27.0. The second-order valence-electron chi connectivity index (χ2n) is 12.8. The number of allylic oxidation sites excluding steroid dienone is 4. The predicted octanol–water partition coefficient (Wildman–Crippen LogP) is 6.01. The van der Waals surface area contributed by atoms with Gasteiger partial charge in [-0.1, -0.05) is 86.2 Å². The fourth-order valence-corrected chi connectivity index (χ4v) is 8.79. The number of aryl methyl sites for hydroxylation is 2. The van der Waals surface area contributed by atoms with E-state index in [4.69, 9.17) is 0 Å². The molecule has 4 amide bonds. The summed E-state index contributed by atoms with van der Waals surface area (Å²) in [6, 6.07) is 25.4. The molecule has 3 aromatic carbocycles. The van der Waals surface area contributed by atoms with E-state index in [-0.39, 0.29) is 41.4 Å². The summed E-state index contributed by atoms with van der Waals surface area (Å²) in [6.07, 6.45) is 6.34. The fourth-order valence-electron chi connectivity index (χ4n) is 8.79. The minimum Gasteiger partial charge on any atom is -0.274 e. The van der Waals surface area contributed by atoms with E-state index in [9.17, 15) is 19.2 Å². The summed E-state index contributed by atoms with van der Waals surface area (Å²) in [4.78, 5) is 59.6. The van der Waals surface area contributed by atoms with Crippen LogP contribution in [0, 0.1) is 41.4 Å². The van der Waals surface area contributed by atoms with Crippen molar-refractivity contribution in [3.63, 3.8) is 0 Å². The summed E-state index contributed by atoms with van der Waals surface area (Å²) in [5, 5.41) is 0. The molecule has 0 spiro atoms. The van der Waals surface area contributed by atoms with Gasteiger partial charge in [-0.05, 0) is 71.7 Å². The Morgan fingerprint density at radius 3 is 1.73 bits per heavy atom. The number of carbonyl (C=O) groups excluding carboxylic acids is 4. The van der Waals surface area contributed by atoms with Crippen LogP contribution in [0.5, 0.6) is 0 Å². The maximum Gasteiger partial charge on any atom is 0.238 e. The highest BCUT2D eigenvalue weighted by Gasteiger charge is 2.67. The van der Waals surface area contributed by atoms with Gasteiger partial charge >= 0.3 is 0 Å². The van der Waals surface area contributed by atoms with Gasteiger partial charge < -0.3 is 0 Å². The Morgan fingerprint density at radius 1 is 0.591 bits per heavy atom. The summed E-state index contributed by atoms with van der Waals surface area (Å²) in [5.41, 5.74) is 6.60. The predicted molar refractivity (Wildman–Crippen MR) is 168 cm³/mol. The van der Waals surface area contributed by atoms with Crippen molar-refractivity contribution in [2.24, 2.45) is 41.4 Å². The van der Waals surface area contributed by atoms with Crippen molar-refractivity contribution in [1.29, 1.82) is 0 Å². The van der Waals surface area contributed by atoms with E-state index >= 15 is 0 Å². The number of carbonyl (C=O) groups is 4. The molecule has 2 aliphatic heterocycles. The van der Waals surface area contributed by atoms with Crippen LogP contribution in [0.15, 0.2) is 96.6 Å². The molecule has 7 atom stereocenters. The van der Waals surface area contributed by atoms with Crippen LogP contribution in [0.1, 0.15) is 37.0 Å². The average molecular weight is 583 g/mol. The molecular weight excluding hydrogens is 548 g/mol. The first-order chi connectivity index (χ1) is 21.4. The molecule has 2 bridgehead atoms. The molecule has 1 saturated carbocycles. The highest BCUT2D eigenvalue weighted by atomic mass is 16.2. The zero-order valence-corrected chi connectivity index (χ0v) is 24.9. The smallest absolute Gasteiger partial charge is 0.238 e. The highest BCUT2D eigenvalue weighted by molar-refractivity contribution is 6.24. The number of benzene rings is 3. The Morgan fingerprint density at radius 2 is 1.14 bits per heavy atom. The maximum atomic E-state index is 14.4. The molecule has 2 heterocycles. The first-order valence-corrected chi connectivity index (χ1v) is 15.8. The average Bonchev–Trinajstić information content (AvgIpc) is 3.50. The molecule has 220 valence electrons. The lowest BCUT2D eigenvalue weighted by molar-refractivity contribution is -0.129. The molecule has 44 heavy (non-hydrogen) atoms. The topological polar surface area (TPSA) is 74.8 Å². The third-order valence-corrected chi connectivity index (χ3v) is 10.8. The van der Waals surface area contributed by atoms with Gasteiger partial charge in [-0.3, -0.25) is 29.0 Å². The molecule has 6 nitrogen and oxygen atoms in total.